The second-order valence-corrected chi connectivity index (χ2v) is 6.36. The molecule has 7 heteroatoms. The number of hydrogen-bond donors (Lipinski definition) is 1. The molecule has 2 unspecified atom stereocenters. The maximum absolute atomic E-state index is 12.3. The number of hydrogen-bond acceptors (Lipinski definition) is 6. The molecule has 0 aromatic carbocycles. The molecule has 0 radical (unpaired) electrons. The van der Waals surface area contributed by atoms with Crippen LogP contribution in [0.5, 0.6) is 0 Å². The van der Waals surface area contributed by atoms with E-state index in [0.29, 0.717) is 18.4 Å². The lowest BCUT2D eigenvalue weighted by Crippen LogP contribution is -2.56. The van der Waals surface area contributed by atoms with Crippen molar-refractivity contribution in [1.29, 1.82) is 0 Å². The Morgan fingerprint density at radius 2 is 1.55 bits per heavy atom. The van der Waals surface area contributed by atoms with Gasteiger partial charge in [-0.1, -0.05) is 0 Å². The molecule has 124 valence electrons. The third-order valence-electron chi connectivity index (χ3n) is 5.06. The molecule has 0 aromatic heterocycles. The molecular formula is C15H28N6O. The molecule has 2 aliphatic heterocycles. The topological polar surface area (TPSA) is 54.4 Å². The smallest absolute Gasteiger partial charge is 0.272 e. The second-order valence-electron chi connectivity index (χ2n) is 6.36. The summed E-state index contributed by atoms with van der Waals surface area (Å²) in [4.78, 5) is 20.6. The van der Waals surface area contributed by atoms with Gasteiger partial charge in [-0.3, -0.25) is 20.0 Å². The van der Waals surface area contributed by atoms with E-state index in [1.54, 1.807) is 4.90 Å². The van der Waals surface area contributed by atoms with Crippen LogP contribution in [0.25, 0.3) is 0 Å². The Balaban J connectivity index is 2.16. The van der Waals surface area contributed by atoms with Gasteiger partial charge in [-0.05, 0) is 34.9 Å². The van der Waals surface area contributed by atoms with E-state index in [0.717, 1.165) is 17.9 Å². The summed E-state index contributed by atoms with van der Waals surface area (Å²) in [6, 6.07) is 0. The Labute approximate surface area is 133 Å². The molecule has 2 rings (SSSR count). The molecule has 0 aliphatic carbocycles. The summed E-state index contributed by atoms with van der Waals surface area (Å²) in [6.07, 6.45) is 0.452. The highest BCUT2D eigenvalue weighted by molar-refractivity contribution is 6.40. The van der Waals surface area contributed by atoms with Crippen LogP contribution in [0.3, 0.4) is 0 Å². The van der Waals surface area contributed by atoms with Crippen LogP contribution in [0.15, 0.2) is 16.5 Å². The minimum atomic E-state index is -0.0118. The summed E-state index contributed by atoms with van der Waals surface area (Å²) in [5.74, 6) is -0.0118. The second kappa shape index (κ2) is 6.26. The fourth-order valence-corrected chi connectivity index (χ4v) is 2.72. The van der Waals surface area contributed by atoms with Crippen molar-refractivity contribution in [2.45, 2.75) is 33.1 Å². The van der Waals surface area contributed by atoms with Crippen LogP contribution in [0, 0.1) is 0 Å². The normalized spacial score (nSPS) is 30.5. The van der Waals surface area contributed by atoms with E-state index in [1.165, 1.54) is 0 Å². The molecule has 1 saturated heterocycles. The standard InChI is InChI=1S/C15H28N6O/c1-10-13(8-18(4)11(2)20(10)6)16-17-14-9-19(5)12(3)21(7)15(14)22/h11-12,16H,8-9H2,1-7H3/b17-14-. The highest BCUT2D eigenvalue weighted by Crippen LogP contribution is 2.19. The molecule has 0 aromatic rings. The van der Waals surface area contributed by atoms with E-state index < -0.39 is 0 Å². The number of allylic oxidation sites excluding steroid dienone is 1. The lowest BCUT2D eigenvalue weighted by Gasteiger charge is -2.41. The van der Waals surface area contributed by atoms with Gasteiger partial charge in [-0.2, -0.15) is 5.10 Å². The van der Waals surface area contributed by atoms with Crippen LogP contribution in [0.4, 0.5) is 0 Å². The van der Waals surface area contributed by atoms with Gasteiger partial charge in [0.2, 0.25) is 0 Å². The van der Waals surface area contributed by atoms with E-state index in [-0.39, 0.29) is 12.1 Å². The minimum Gasteiger partial charge on any atom is -0.361 e. The van der Waals surface area contributed by atoms with Gasteiger partial charge in [0.25, 0.3) is 5.91 Å². The molecule has 7 nitrogen and oxygen atoms in total. The Morgan fingerprint density at radius 3 is 2.18 bits per heavy atom. The molecule has 2 aliphatic rings. The first-order valence-electron chi connectivity index (χ1n) is 7.66. The average molecular weight is 308 g/mol. The molecule has 22 heavy (non-hydrogen) atoms. The Morgan fingerprint density at radius 1 is 1.00 bits per heavy atom. The quantitative estimate of drug-likeness (QED) is 0.735. The van der Waals surface area contributed by atoms with Gasteiger partial charge < -0.3 is 9.80 Å². The highest BCUT2D eigenvalue weighted by atomic mass is 16.2. The summed E-state index contributed by atoms with van der Waals surface area (Å²) in [6.45, 7) is 7.62. The zero-order chi connectivity index (χ0) is 16.6. The number of amides is 1. The highest BCUT2D eigenvalue weighted by Gasteiger charge is 2.31. The predicted octanol–water partition coefficient (Wildman–Crippen LogP) is 0.137. The van der Waals surface area contributed by atoms with Crippen molar-refractivity contribution < 1.29 is 4.79 Å². The first-order chi connectivity index (χ1) is 10.2. The number of carbonyl (C=O) groups is 1. The van der Waals surface area contributed by atoms with E-state index in [2.05, 4.69) is 53.2 Å². The number of nitrogens with zero attached hydrogens (tertiary/aromatic N) is 5. The summed E-state index contributed by atoms with van der Waals surface area (Å²) in [5.41, 5.74) is 5.86. The molecule has 2 heterocycles. The van der Waals surface area contributed by atoms with Gasteiger partial charge in [-0.25, -0.2) is 0 Å². The van der Waals surface area contributed by atoms with Crippen LogP contribution in [0.2, 0.25) is 0 Å². The Bertz CT molecular complexity index is 514. The zero-order valence-electron chi connectivity index (χ0n) is 14.7. The molecule has 1 fully saturated rings. The van der Waals surface area contributed by atoms with E-state index in [1.807, 2.05) is 21.0 Å². The number of rotatable bonds is 2. The summed E-state index contributed by atoms with van der Waals surface area (Å²) in [7, 11) is 7.96. The van der Waals surface area contributed by atoms with Gasteiger partial charge >= 0.3 is 0 Å². The molecule has 1 N–H and O–H groups in total. The van der Waals surface area contributed by atoms with Gasteiger partial charge in [0.05, 0.1) is 18.0 Å². The molecule has 0 bridgehead atoms. The molecule has 0 spiro atoms. The predicted molar refractivity (Wildman–Crippen MR) is 88.0 cm³/mol. The van der Waals surface area contributed by atoms with Crippen LogP contribution < -0.4 is 5.43 Å². The molecule has 1 amide bonds. The summed E-state index contributed by atoms with van der Waals surface area (Å²) < 4.78 is 0. The van der Waals surface area contributed by atoms with Gasteiger partial charge in [-0.15, -0.1) is 0 Å². The Kier molecular flexibility index (Phi) is 4.77. The molecule has 0 saturated carbocycles. The number of likely N-dealkylation sites (N-methyl/N-ethyl adjacent to an activating group) is 1. The van der Waals surface area contributed by atoms with E-state index >= 15 is 0 Å². The maximum atomic E-state index is 12.3. The van der Waals surface area contributed by atoms with E-state index in [4.69, 9.17) is 0 Å². The fraction of sp³-hybridized carbons (Fsp3) is 0.733. The zero-order valence-corrected chi connectivity index (χ0v) is 14.7. The average Bonchev–Trinajstić information content (AvgIpc) is 2.49. The number of carbonyl (C=O) groups excluding carboxylic acids is 1. The van der Waals surface area contributed by atoms with Crippen molar-refractivity contribution in [3.8, 4) is 0 Å². The largest absolute Gasteiger partial charge is 0.361 e. The van der Waals surface area contributed by atoms with Crippen LogP contribution in [-0.2, 0) is 4.79 Å². The third kappa shape index (κ3) is 2.96. The van der Waals surface area contributed by atoms with Crippen molar-refractivity contribution >= 4 is 11.6 Å². The monoisotopic (exact) mass is 308 g/mol. The van der Waals surface area contributed by atoms with Crippen molar-refractivity contribution in [1.82, 2.24) is 25.0 Å². The minimum absolute atomic E-state index is 0.0118. The number of nitrogens with one attached hydrogen (secondary N) is 1. The van der Waals surface area contributed by atoms with Crippen LogP contribution in [0.1, 0.15) is 20.8 Å². The summed E-state index contributed by atoms with van der Waals surface area (Å²) >= 11 is 0. The van der Waals surface area contributed by atoms with Crippen molar-refractivity contribution in [3.05, 3.63) is 11.4 Å². The lowest BCUT2D eigenvalue weighted by atomic mass is 10.2. The first kappa shape index (κ1) is 16.8. The SMILES string of the molecule is CC1=C(N/N=C2/CN(C)C(C)N(C)C2=O)CN(C)C(C)N1C. The van der Waals surface area contributed by atoms with Crippen LogP contribution >= 0.6 is 0 Å². The van der Waals surface area contributed by atoms with Crippen molar-refractivity contribution in [2.75, 3.05) is 41.3 Å². The lowest BCUT2D eigenvalue weighted by molar-refractivity contribution is -0.129. The first-order valence-corrected chi connectivity index (χ1v) is 7.66. The number of hydrazone groups is 1. The van der Waals surface area contributed by atoms with Crippen molar-refractivity contribution in [2.24, 2.45) is 5.10 Å². The molecular weight excluding hydrogens is 280 g/mol. The molecule has 2 atom stereocenters. The van der Waals surface area contributed by atoms with Gasteiger partial charge in [0.15, 0.2) is 0 Å². The van der Waals surface area contributed by atoms with Crippen LogP contribution in [-0.4, -0.2) is 84.8 Å². The van der Waals surface area contributed by atoms with Crippen molar-refractivity contribution in [3.63, 3.8) is 0 Å². The van der Waals surface area contributed by atoms with Gasteiger partial charge in [0, 0.05) is 32.9 Å². The third-order valence-corrected chi connectivity index (χ3v) is 5.06. The maximum Gasteiger partial charge on any atom is 0.272 e. The Hall–Kier alpha value is -1.60. The summed E-state index contributed by atoms with van der Waals surface area (Å²) in [5, 5.41) is 4.39. The fourth-order valence-electron chi connectivity index (χ4n) is 2.72. The van der Waals surface area contributed by atoms with Gasteiger partial charge in [0.1, 0.15) is 5.71 Å². The van der Waals surface area contributed by atoms with E-state index in [9.17, 15) is 4.79 Å².